The molecule has 6 nitrogen and oxygen atoms in total. The van der Waals surface area contributed by atoms with Gasteiger partial charge in [-0.25, -0.2) is 0 Å². The molecule has 0 radical (unpaired) electrons. The van der Waals surface area contributed by atoms with Gasteiger partial charge in [-0.1, -0.05) is 20.3 Å². The van der Waals surface area contributed by atoms with Gasteiger partial charge in [0.15, 0.2) is 0 Å². The summed E-state index contributed by atoms with van der Waals surface area (Å²) in [5.74, 6) is 1.70. The van der Waals surface area contributed by atoms with E-state index in [2.05, 4.69) is 26.0 Å². The zero-order valence-corrected chi connectivity index (χ0v) is 17.4. The van der Waals surface area contributed by atoms with Crippen LogP contribution < -0.4 is 20.9 Å². The molecule has 6 heteroatoms. The Kier molecular flexibility index (Phi) is 11.8. The molecule has 0 fully saturated rings. The number of hydrogen-bond acceptors (Lipinski definition) is 4. The molecule has 158 valence electrons. The summed E-state index contributed by atoms with van der Waals surface area (Å²) in [4.78, 5) is 21.6. The molecule has 1 rings (SSSR count). The Balaban J connectivity index is 2.58. The van der Waals surface area contributed by atoms with E-state index in [1.165, 1.54) is 12.0 Å². The van der Waals surface area contributed by atoms with E-state index in [0.717, 1.165) is 50.0 Å². The number of benzene rings is 1. The van der Waals surface area contributed by atoms with Crippen molar-refractivity contribution < 1.29 is 19.1 Å². The first kappa shape index (κ1) is 23.8. The summed E-state index contributed by atoms with van der Waals surface area (Å²) in [6, 6.07) is 6.02. The summed E-state index contributed by atoms with van der Waals surface area (Å²) >= 11 is 0. The van der Waals surface area contributed by atoms with Crippen LogP contribution >= 0.6 is 0 Å². The van der Waals surface area contributed by atoms with E-state index in [0.29, 0.717) is 32.0 Å². The average molecular weight is 393 g/mol. The third kappa shape index (κ3) is 12.2. The number of hydrogen-bond donors (Lipinski definition) is 2. The normalized spacial score (nSPS) is 10.8. The molecule has 0 bridgehead atoms. The van der Waals surface area contributed by atoms with Gasteiger partial charge in [-0.15, -0.1) is 0 Å². The molecule has 1 aromatic carbocycles. The van der Waals surface area contributed by atoms with Crippen molar-refractivity contribution in [1.82, 2.24) is 0 Å². The molecular formula is C22H36N2O4. The molecule has 4 N–H and O–H groups in total. The van der Waals surface area contributed by atoms with Crippen molar-refractivity contribution >= 4 is 11.8 Å². The fourth-order valence-electron chi connectivity index (χ4n) is 2.84. The molecule has 0 saturated heterocycles. The van der Waals surface area contributed by atoms with Gasteiger partial charge in [-0.05, 0) is 62.1 Å². The zero-order chi connectivity index (χ0) is 20.8. The van der Waals surface area contributed by atoms with Crippen LogP contribution in [0.5, 0.6) is 11.5 Å². The Hall–Kier alpha value is -2.24. The molecule has 0 saturated carbocycles. The number of rotatable bonds is 16. The Morgan fingerprint density at radius 1 is 0.821 bits per heavy atom. The Morgan fingerprint density at radius 3 is 1.75 bits per heavy atom. The molecule has 0 heterocycles. The lowest BCUT2D eigenvalue weighted by molar-refractivity contribution is -0.119. The first-order valence-corrected chi connectivity index (χ1v) is 10.3. The second kappa shape index (κ2) is 13.9. The van der Waals surface area contributed by atoms with Gasteiger partial charge < -0.3 is 20.9 Å². The third-order valence-electron chi connectivity index (χ3n) is 4.36. The number of unbranched alkanes of at least 4 members (excludes halogenated alkanes) is 2. The van der Waals surface area contributed by atoms with Gasteiger partial charge in [0.05, 0.1) is 13.2 Å². The van der Waals surface area contributed by atoms with E-state index in [1.54, 1.807) is 0 Å². The molecule has 0 unspecified atom stereocenters. The Bertz CT molecular complexity index is 560. The third-order valence-corrected chi connectivity index (χ3v) is 4.36. The van der Waals surface area contributed by atoms with Crippen LogP contribution in [-0.4, -0.2) is 25.0 Å². The Morgan fingerprint density at radius 2 is 1.32 bits per heavy atom. The van der Waals surface area contributed by atoms with E-state index in [1.807, 2.05) is 6.07 Å². The van der Waals surface area contributed by atoms with Gasteiger partial charge in [0.25, 0.3) is 0 Å². The van der Waals surface area contributed by atoms with Crippen molar-refractivity contribution in [3.8, 4) is 11.5 Å². The molecule has 0 aliphatic carbocycles. The number of primary amides is 2. The molecule has 0 aliphatic heterocycles. The predicted molar refractivity (Wildman–Crippen MR) is 111 cm³/mol. The van der Waals surface area contributed by atoms with E-state index < -0.39 is 0 Å². The van der Waals surface area contributed by atoms with E-state index in [-0.39, 0.29) is 11.8 Å². The average Bonchev–Trinajstić information content (AvgIpc) is 2.60. The first-order chi connectivity index (χ1) is 13.4. The fraction of sp³-hybridized carbons (Fsp3) is 0.636. The summed E-state index contributed by atoms with van der Waals surface area (Å²) in [6.07, 6.45) is 7.08. The lowest BCUT2D eigenvalue weighted by atomic mass is 10.0. The molecule has 0 aliphatic rings. The largest absolute Gasteiger partial charge is 0.493 e. The molecule has 0 spiro atoms. The minimum absolute atomic E-state index is 0.279. The highest BCUT2D eigenvalue weighted by Crippen LogP contribution is 2.25. The smallest absolute Gasteiger partial charge is 0.217 e. The van der Waals surface area contributed by atoms with Crippen molar-refractivity contribution in [1.29, 1.82) is 0 Å². The number of nitrogens with two attached hydrogens (primary N) is 2. The van der Waals surface area contributed by atoms with Crippen LogP contribution in [0.1, 0.15) is 70.8 Å². The standard InChI is InChI=1S/C22H36N2O4/c1-17(2)8-7-9-18-14-19(27-12-5-3-10-21(23)25)16-20(15-18)28-13-6-4-11-22(24)26/h14-17H,3-13H2,1-2H3,(H2,23,25)(H2,24,26). The van der Waals surface area contributed by atoms with Crippen LogP contribution in [0.25, 0.3) is 0 Å². The second-order valence-corrected chi connectivity index (χ2v) is 7.64. The number of aryl methyl sites for hydroxylation is 1. The van der Waals surface area contributed by atoms with Crippen LogP contribution in [0.15, 0.2) is 18.2 Å². The van der Waals surface area contributed by atoms with Crippen molar-refractivity contribution in [2.45, 2.75) is 71.6 Å². The quantitative estimate of drug-likeness (QED) is 0.418. The summed E-state index contributed by atoms with van der Waals surface area (Å²) in [5.41, 5.74) is 11.5. The van der Waals surface area contributed by atoms with Gasteiger partial charge in [0.2, 0.25) is 11.8 Å². The second-order valence-electron chi connectivity index (χ2n) is 7.64. The number of ether oxygens (including phenoxy) is 2. The van der Waals surface area contributed by atoms with Crippen molar-refractivity contribution in [3.05, 3.63) is 23.8 Å². The maximum atomic E-state index is 10.8. The monoisotopic (exact) mass is 392 g/mol. The van der Waals surface area contributed by atoms with Crippen LogP contribution in [0.4, 0.5) is 0 Å². The molecule has 1 aromatic rings. The van der Waals surface area contributed by atoms with E-state index in [9.17, 15) is 9.59 Å². The maximum Gasteiger partial charge on any atom is 0.217 e. The van der Waals surface area contributed by atoms with Gasteiger partial charge in [-0.2, -0.15) is 0 Å². The van der Waals surface area contributed by atoms with Crippen molar-refractivity contribution in [2.24, 2.45) is 17.4 Å². The van der Waals surface area contributed by atoms with E-state index in [4.69, 9.17) is 20.9 Å². The summed E-state index contributed by atoms with van der Waals surface area (Å²) in [7, 11) is 0. The molecule has 0 aromatic heterocycles. The van der Waals surface area contributed by atoms with Crippen LogP contribution in [-0.2, 0) is 16.0 Å². The van der Waals surface area contributed by atoms with Crippen LogP contribution in [0.2, 0.25) is 0 Å². The first-order valence-electron chi connectivity index (χ1n) is 10.3. The zero-order valence-electron chi connectivity index (χ0n) is 17.4. The highest BCUT2D eigenvalue weighted by Gasteiger charge is 2.06. The summed E-state index contributed by atoms with van der Waals surface area (Å²) in [6.45, 7) is 5.54. The minimum atomic E-state index is -0.279. The van der Waals surface area contributed by atoms with Crippen molar-refractivity contribution in [3.63, 3.8) is 0 Å². The minimum Gasteiger partial charge on any atom is -0.493 e. The van der Waals surface area contributed by atoms with Gasteiger partial charge in [-0.3, -0.25) is 9.59 Å². The fourth-order valence-corrected chi connectivity index (χ4v) is 2.84. The lowest BCUT2D eigenvalue weighted by Crippen LogP contribution is -2.10. The summed E-state index contributed by atoms with van der Waals surface area (Å²) in [5, 5.41) is 0. The number of carbonyl (C=O) groups is 2. The SMILES string of the molecule is CC(C)CCCc1cc(OCCCCC(N)=O)cc(OCCCCC(N)=O)c1. The lowest BCUT2D eigenvalue weighted by Gasteiger charge is -2.13. The molecule has 2 amide bonds. The highest BCUT2D eigenvalue weighted by molar-refractivity contribution is 5.73. The van der Waals surface area contributed by atoms with Gasteiger partial charge in [0.1, 0.15) is 11.5 Å². The van der Waals surface area contributed by atoms with Gasteiger partial charge in [0, 0.05) is 18.9 Å². The van der Waals surface area contributed by atoms with Gasteiger partial charge >= 0.3 is 0 Å². The predicted octanol–water partition coefficient (Wildman–Crippen LogP) is 3.73. The number of carbonyl (C=O) groups excluding carboxylic acids is 2. The van der Waals surface area contributed by atoms with Crippen LogP contribution in [0.3, 0.4) is 0 Å². The highest BCUT2D eigenvalue weighted by atomic mass is 16.5. The number of amides is 2. The molecular weight excluding hydrogens is 356 g/mol. The molecule has 0 atom stereocenters. The molecule has 28 heavy (non-hydrogen) atoms. The Labute approximate surface area is 169 Å². The topological polar surface area (TPSA) is 105 Å². The maximum absolute atomic E-state index is 10.8. The van der Waals surface area contributed by atoms with Crippen molar-refractivity contribution in [2.75, 3.05) is 13.2 Å². The van der Waals surface area contributed by atoms with Crippen LogP contribution in [0, 0.1) is 5.92 Å². The van der Waals surface area contributed by atoms with E-state index >= 15 is 0 Å². The summed E-state index contributed by atoms with van der Waals surface area (Å²) < 4.78 is 11.7.